The van der Waals surface area contributed by atoms with E-state index in [2.05, 4.69) is 60.7 Å². The van der Waals surface area contributed by atoms with Crippen LogP contribution >= 0.6 is 0 Å². The van der Waals surface area contributed by atoms with Crippen LogP contribution in [-0.4, -0.2) is 0 Å². The molecule has 0 aliphatic heterocycles. The molecule has 0 heterocycles. The summed E-state index contributed by atoms with van der Waals surface area (Å²) in [5, 5.41) is 8.14. The summed E-state index contributed by atoms with van der Waals surface area (Å²) in [6, 6.07) is 21.9. The van der Waals surface area contributed by atoms with Gasteiger partial charge in [0.1, 0.15) is 0 Å². The van der Waals surface area contributed by atoms with Gasteiger partial charge < -0.3 is 0 Å². The maximum atomic E-state index is 2.21. The first-order valence-corrected chi connectivity index (χ1v) is 8.56. The standard InChI is InChI=1S/C16H10.C6H12/c1-3-11-7-9-13-5-2-6-14-10-8-12(4-1)15(11)16(13)14;1-2-4-6-5-3-1/h1-10H;1-6H2. The fourth-order valence-electron chi connectivity index (χ4n) is 3.73. The first kappa shape index (κ1) is 13.6. The lowest BCUT2D eigenvalue weighted by molar-refractivity contribution is 0.504. The van der Waals surface area contributed by atoms with Crippen LogP contribution in [0.2, 0.25) is 0 Å². The van der Waals surface area contributed by atoms with E-state index in [1.54, 1.807) is 0 Å². The molecular weight excluding hydrogens is 264 g/mol. The van der Waals surface area contributed by atoms with Crippen molar-refractivity contribution in [3.8, 4) is 0 Å². The van der Waals surface area contributed by atoms with Crippen molar-refractivity contribution >= 4 is 32.3 Å². The predicted octanol–water partition coefficient (Wildman–Crippen LogP) is 6.92. The van der Waals surface area contributed by atoms with Crippen molar-refractivity contribution in [2.45, 2.75) is 38.5 Å². The highest BCUT2D eigenvalue weighted by atomic mass is 14.1. The fraction of sp³-hybridized carbons (Fsp3) is 0.273. The van der Waals surface area contributed by atoms with Gasteiger partial charge in [-0.15, -0.1) is 0 Å². The quantitative estimate of drug-likeness (QED) is 0.308. The summed E-state index contributed by atoms with van der Waals surface area (Å²) in [6.45, 7) is 0. The molecule has 1 fully saturated rings. The predicted molar refractivity (Wildman–Crippen MR) is 97.8 cm³/mol. The summed E-state index contributed by atoms with van der Waals surface area (Å²) in [5.74, 6) is 0. The highest BCUT2D eigenvalue weighted by molar-refractivity contribution is 6.22. The average molecular weight is 286 g/mol. The molecule has 0 amide bonds. The largest absolute Gasteiger partial charge is 0.0610 e. The van der Waals surface area contributed by atoms with E-state index in [-0.39, 0.29) is 0 Å². The second-order valence-corrected chi connectivity index (χ2v) is 6.41. The molecule has 0 radical (unpaired) electrons. The maximum absolute atomic E-state index is 2.21. The van der Waals surface area contributed by atoms with E-state index >= 15 is 0 Å². The van der Waals surface area contributed by atoms with Crippen LogP contribution in [0.3, 0.4) is 0 Å². The highest BCUT2D eigenvalue weighted by Crippen LogP contribution is 2.33. The maximum Gasteiger partial charge on any atom is -0.00268 e. The summed E-state index contributed by atoms with van der Waals surface area (Å²) in [6.07, 6.45) is 9.00. The zero-order chi connectivity index (χ0) is 14.8. The van der Waals surface area contributed by atoms with Crippen LogP contribution in [0, 0.1) is 0 Å². The van der Waals surface area contributed by atoms with E-state index in [0.29, 0.717) is 0 Å². The normalized spacial score (nSPS) is 15.1. The van der Waals surface area contributed by atoms with Gasteiger partial charge in [0.15, 0.2) is 0 Å². The van der Waals surface area contributed by atoms with Crippen LogP contribution < -0.4 is 0 Å². The second-order valence-electron chi connectivity index (χ2n) is 6.41. The molecule has 1 saturated carbocycles. The Morgan fingerprint density at radius 1 is 0.364 bits per heavy atom. The van der Waals surface area contributed by atoms with E-state index in [9.17, 15) is 0 Å². The van der Waals surface area contributed by atoms with Crippen LogP contribution in [0.4, 0.5) is 0 Å². The summed E-state index contributed by atoms with van der Waals surface area (Å²) >= 11 is 0. The summed E-state index contributed by atoms with van der Waals surface area (Å²) in [7, 11) is 0. The summed E-state index contributed by atoms with van der Waals surface area (Å²) in [5.41, 5.74) is 0. The van der Waals surface area contributed by atoms with E-state index in [1.165, 1.54) is 70.8 Å². The van der Waals surface area contributed by atoms with Gasteiger partial charge in [-0.1, -0.05) is 99.2 Å². The molecule has 0 N–H and O–H groups in total. The van der Waals surface area contributed by atoms with E-state index in [0.717, 1.165) is 0 Å². The van der Waals surface area contributed by atoms with Crippen molar-refractivity contribution in [2.24, 2.45) is 0 Å². The Morgan fingerprint density at radius 2 is 0.636 bits per heavy atom. The molecule has 1 aliphatic rings. The molecule has 1 aliphatic carbocycles. The van der Waals surface area contributed by atoms with Gasteiger partial charge in [-0.25, -0.2) is 0 Å². The van der Waals surface area contributed by atoms with Gasteiger partial charge in [0.25, 0.3) is 0 Å². The van der Waals surface area contributed by atoms with Crippen LogP contribution in [-0.2, 0) is 0 Å². The van der Waals surface area contributed by atoms with Gasteiger partial charge in [-0.05, 0) is 32.3 Å². The monoisotopic (exact) mass is 286 g/mol. The molecule has 0 saturated heterocycles. The molecule has 0 bridgehead atoms. The summed E-state index contributed by atoms with van der Waals surface area (Å²) in [4.78, 5) is 0. The van der Waals surface area contributed by atoms with Gasteiger partial charge in [0.2, 0.25) is 0 Å². The lowest BCUT2D eigenvalue weighted by Crippen LogP contribution is -1.85. The second kappa shape index (κ2) is 5.96. The zero-order valence-electron chi connectivity index (χ0n) is 13.0. The van der Waals surface area contributed by atoms with Crippen molar-refractivity contribution in [3.05, 3.63) is 60.7 Å². The van der Waals surface area contributed by atoms with Crippen molar-refractivity contribution in [3.63, 3.8) is 0 Å². The first-order valence-electron chi connectivity index (χ1n) is 8.56. The Hall–Kier alpha value is -2.08. The Bertz CT molecular complexity index is 743. The zero-order valence-corrected chi connectivity index (χ0v) is 13.0. The number of benzene rings is 4. The molecule has 4 aromatic rings. The number of rotatable bonds is 0. The molecular formula is C22H22. The third-order valence-electron chi connectivity index (χ3n) is 4.89. The molecule has 110 valence electrons. The lowest BCUT2D eigenvalue weighted by atomic mass is 9.95. The minimum absolute atomic E-state index is 1.34. The molecule has 0 aromatic heterocycles. The van der Waals surface area contributed by atoms with Crippen molar-refractivity contribution in [1.29, 1.82) is 0 Å². The van der Waals surface area contributed by atoms with Crippen molar-refractivity contribution < 1.29 is 0 Å². The Labute approximate surface area is 132 Å². The van der Waals surface area contributed by atoms with Crippen LogP contribution in [0.5, 0.6) is 0 Å². The minimum Gasteiger partial charge on any atom is -0.0610 e. The lowest BCUT2D eigenvalue weighted by Gasteiger charge is -2.09. The molecule has 5 rings (SSSR count). The number of hydrogen-bond donors (Lipinski definition) is 0. The summed E-state index contributed by atoms with van der Waals surface area (Å²) < 4.78 is 0. The van der Waals surface area contributed by atoms with Crippen molar-refractivity contribution in [1.82, 2.24) is 0 Å². The molecule has 0 nitrogen and oxygen atoms in total. The Balaban J connectivity index is 0.000000177. The Morgan fingerprint density at radius 3 is 0.909 bits per heavy atom. The van der Waals surface area contributed by atoms with Gasteiger partial charge >= 0.3 is 0 Å². The van der Waals surface area contributed by atoms with E-state index in [1.807, 2.05) is 0 Å². The molecule has 0 atom stereocenters. The molecule has 22 heavy (non-hydrogen) atoms. The van der Waals surface area contributed by atoms with Crippen LogP contribution in [0.25, 0.3) is 32.3 Å². The SMILES string of the molecule is C1CCCCC1.c1cc2ccc3cccc4ccc(c1)c2c34. The van der Waals surface area contributed by atoms with Crippen LogP contribution in [0.15, 0.2) is 60.7 Å². The highest BCUT2D eigenvalue weighted by Gasteiger charge is 2.05. The van der Waals surface area contributed by atoms with E-state index in [4.69, 9.17) is 0 Å². The molecule has 0 spiro atoms. The van der Waals surface area contributed by atoms with Gasteiger partial charge in [0.05, 0.1) is 0 Å². The average Bonchev–Trinajstić information content (AvgIpc) is 2.62. The number of hydrogen-bond acceptors (Lipinski definition) is 0. The third-order valence-corrected chi connectivity index (χ3v) is 4.89. The first-order chi connectivity index (χ1) is 10.9. The van der Waals surface area contributed by atoms with E-state index < -0.39 is 0 Å². The van der Waals surface area contributed by atoms with Crippen molar-refractivity contribution in [2.75, 3.05) is 0 Å². The molecule has 0 heteroatoms. The van der Waals surface area contributed by atoms with Gasteiger partial charge in [0, 0.05) is 0 Å². The molecule has 0 unspecified atom stereocenters. The molecule has 4 aromatic carbocycles. The smallest absolute Gasteiger partial charge is 0.00268 e. The Kier molecular flexibility index (Phi) is 3.68. The topological polar surface area (TPSA) is 0 Å². The van der Waals surface area contributed by atoms with Gasteiger partial charge in [-0.3, -0.25) is 0 Å². The fourth-order valence-corrected chi connectivity index (χ4v) is 3.73. The van der Waals surface area contributed by atoms with Crippen LogP contribution in [0.1, 0.15) is 38.5 Å². The van der Waals surface area contributed by atoms with Gasteiger partial charge in [-0.2, -0.15) is 0 Å². The third kappa shape index (κ3) is 2.43. The minimum atomic E-state index is 1.34.